The Morgan fingerprint density at radius 3 is 2.46 bits per heavy atom. The van der Waals surface area contributed by atoms with Gasteiger partial charge in [0.1, 0.15) is 4.88 Å². The lowest BCUT2D eigenvalue weighted by atomic mass is 10.2. The van der Waals surface area contributed by atoms with E-state index in [2.05, 4.69) is 20.0 Å². The fraction of sp³-hybridized carbons (Fsp3) is 0.625. The first-order valence-corrected chi connectivity index (χ1v) is 9.04. The second-order valence-corrected chi connectivity index (χ2v) is 7.62. The first kappa shape index (κ1) is 17.0. The first-order chi connectivity index (χ1) is 11.4. The first-order valence-electron chi connectivity index (χ1n) is 8.22. The molecule has 2 aromatic heterocycles. The summed E-state index contributed by atoms with van der Waals surface area (Å²) >= 11 is 1.48. The molecule has 0 spiro atoms. The number of hydrogen-bond acceptors (Lipinski definition) is 7. The number of piperazine rings is 1. The number of aromatic nitrogens is 3. The third-order valence-electron chi connectivity index (χ3n) is 4.12. The van der Waals surface area contributed by atoms with Crippen LogP contribution in [0, 0.1) is 13.8 Å². The average Bonchev–Trinajstić information content (AvgIpc) is 3.14. The summed E-state index contributed by atoms with van der Waals surface area (Å²) in [7, 11) is 0. The highest BCUT2D eigenvalue weighted by molar-refractivity contribution is 7.13. The molecule has 0 N–H and O–H groups in total. The van der Waals surface area contributed by atoms with Crippen LogP contribution in [0.25, 0.3) is 0 Å². The zero-order valence-corrected chi connectivity index (χ0v) is 15.4. The lowest BCUT2D eigenvalue weighted by Crippen LogP contribution is -2.48. The van der Waals surface area contributed by atoms with Crippen LogP contribution in [0.1, 0.15) is 51.9 Å². The maximum atomic E-state index is 12.6. The molecule has 1 amide bonds. The molecular formula is C16H23N5O2S. The molecule has 1 saturated heterocycles. The summed E-state index contributed by atoms with van der Waals surface area (Å²) < 4.78 is 5.30. The molecule has 7 nitrogen and oxygen atoms in total. The molecule has 24 heavy (non-hydrogen) atoms. The van der Waals surface area contributed by atoms with Crippen molar-refractivity contribution in [1.29, 1.82) is 0 Å². The summed E-state index contributed by atoms with van der Waals surface area (Å²) in [5, 5.41) is 4.93. The van der Waals surface area contributed by atoms with Gasteiger partial charge < -0.3 is 9.42 Å². The van der Waals surface area contributed by atoms with E-state index in [1.807, 2.05) is 32.6 Å². The number of nitrogens with zero attached hydrogens (tertiary/aromatic N) is 5. The van der Waals surface area contributed by atoms with Gasteiger partial charge in [-0.05, 0) is 13.8 Å². The molecule has 2 aromatic rings. The molecule has 0 radical (unpaired) electrons. The van der Waals surface area contributed by atoms with Gasteiger partial charge in [-0.25, -0.2) is 4.98 Å². The fourth-order valence-electron chi connectivity index (χ4n) is 2.74. The number of carbonyl (C=O) groups is 1. The van der Waals surface area contributed by atoms with Gasteiger partial charge in [0.15, 0.2) is 5.82 Å². The van der Waals surface area contributed by atoms with E-state index in [1.165, 1.54) is 11.3 Å². The van der Waals surface area contributed by atoms with Crippen molar-refractivity contribution in [1.82, 2.24) is 24.9 Å². The van der Waals surface area contributed by atoms with Crippen LogP contribution in [-0.2, 0) is 6.54 Å². The molecule has 0 aromatic carbocycles. The highest BCUT2D eigenvalue weighted by Crippen LogP contribution is 2.20. The second-order valence-electron chi connectivity index (χ2n) is 6.42. The van der Waals surface area contributed by atoms with Crippen LogP contribution in [0.5, 0.6) is 0 Å². The highest BCUT2D eigenvalue weighted by atomic mass is 32.1. The van der Waals surface area contributed by atoms with Crippen molar-refractivity contribution in [3.8, 4) is 0 Å². The van der Waals surface area contributed by atoms with E-state index in [9.17, 15) is 4.79 Å². The smallest absolute Gasteiger partial charge is 0.265 e. The molecule has 3 rings (SSSR count). The number of hydrogen-bond donors (Lipinski definition) is 0. The van der Waals surface area contributed by atoms with E-state index < -0.39 is 0 Å². The number of thiazole rings is 1. The van der Waals surface area contributed by atoms with Crippen molar-refractivity contribution in [2.24, 2.45) is 0 Å². The average molecular weight is 349 g/mol. The number of carbonyl (C=O) groups excluding carboxylic acids is 1. The number of amides is 1. The number of aryl methyl sites for hydroxylation is 2. The van der Waals surface area contributed by atoms with Crippen molar-refractivity contribution in [3.63, 3.8) is 0 Å². The molecule has 3 heterocycles. The minimum absolute atomic E-state index is 0.0950. The lowest BCUT2D eigenvalue weighted by Gasteiger charge is -2.33. The predicted molar refractivity (Wildman–Crippen MR) is 91.2 cm³/mol. The number of rotatable bonds is 4. The normalized spacial score (nSPS) is 16.1. The molecule has 1 aliphatic heterocycles. The summed E-state index contributed by atoms with van der Waals surface area (Å²) in [5.74, 6) is 1.75. The van der Waals surface area contributed by atoms with Gasteiger partial charge in [0.05, 0.1) is 17.2 Å². The SMILES string of the molecule is Cc1nc(C)c(C(=O)N2CCN(Cc3nc(C(C)C)no3)CC2)s1. The highest BCUT2D eigenvalue weighted by Gasteiger charge is 2.25. The minimum Gasteiger partial charge on any atom is -0.338 e. The molecule has 130 valence electrons. The molecule has 0 aliphatic carbocycles. The van der Waals surface area contributed by atoms with Gasteiger partial charge in [0.25, 0.3) is 5.91 Å². The Kier molecular flexibility index (Phi) is 4.96. The Labute approximate surface area is 145 Å². The molecule has 8 heteroatoms. The summed E-state index contributed by atoms with van der Waals surface area (Å²) in [5.41, 5.74) is 0.831. The minimum atomic E-state index is 0.0950. The molecule has 1 fully saturated rings. The van der Waals surface area contributed by atoms with Crippen LogP contribution in [0.15, 0.2) is 4.52 Å². The summed E-state index contributed by atoms with van der Waals surface area (Å²) in [4.78, 5) is 26.3. The quantitative estimate of drug-likeness (QED) is 0.842. The van der Waals surface area contributed by atoms with Crippen LogP contribution < -0.4 is 0 Å². The predicted octanol–water partition coefficient (Wildman–Crippen LogP) is 2.22. The van der Waals surface area contributed by atoms with Gasteiger partial charge in [-0.15, -0.1) is 11.3 Å². The topological polar surface area (TPSA) is 75.4 Å². The van der Waals surface area contributed by atoms with Crippen molar-refractivity contribution in [2.75, 3.05) is 26.2 Å². The van der Waals surface area contributed by atoms with Crippen molar-refractivity contribution in [3.05, 3.63) is 27.3 Å². The molecule has 0 bridgehead atoms. The van der Waals surface area contributed by atoms with E-state index >= 15 is 0 Å². The van der Waals surface area contributed by atoms with Gasteiger partial charge in [0, 0.05) is 32.1 Å². The maximum absolute atomic E-state index is 12.6. The molecule has 0 atom stereocenters. The van der Waals surface area contributed by atoms with Crippen LogP contribution in [0.3, 0.4) is 0 Å². The third-order valence-corrected chi connectivity index (χ3v) is 5.18. The third kappa shape index (κ3) is 3.64. The maximum Gasteiger partial charge on any atom is 0.265 e. The summed E-state index contributed by atoms with van der Waals surface area (Å²) in [6.45, 7) is 11.6. The van der Waals surface area contributed by atoms with E-state index in [0.29, 0.717) is 25.5 Å². The van der Waals surface area contributed by atoms with Crippen molar-refractivity contribution >= 4 is 17.2 Å². The Morgan fingerprint density at radius 2 is 1.92 bits per heavy atom. The molecule has 1 aliphatic rings. The fourth-order valence-corrected chi connectivity index (χ4v) is 3.63. The van der Waals surface area contributed by atoms with Crippen molar-refractivity contribution < 1.29 is 9.32 Å². The molecular weight excluding hydrogens is 326 g/mol. The van der Waals surface area contributed by atoms with E-state index in [4.69, 9.17) is 4.52 Å². The van der Waals surface area contributed by atoms with Gasteiger partial charge >= 0.3 is 0 Å². The molecule has 0 unspecified atom stereocenters. The Bertz CT molecular complexity index is 716. The van der Waals surface area contributed by atoms with Gasteiger partial charge in [-0.2, -0.15) is 4.98 Å². The molecule has 0 saturated carbocycles. The Balaban J connectivity index is 1.55. The van der Waals surface area contributed by atoms with E-state index in [0.717, 1.165) is 34.5 Å². The Morgan fingerprint density at radius 1 is 1.21 bits per heavy atom. The largest absolute Gasteiger partial charge is 0.338 e. The second kappa shape index (κ2) is 6.98. The van der Waals surface area contributed by atoms with Gasteiger partial charge in [0.2, 0.25) is 5.89 Å². The zero-order chi connectivity index (χ0) is 17.3. The van der Waals surface area contributed by atoms with Gasteiger partial charge in [-0.1, -0.05) is 19.0 Å². The standard InChI is InChI=1S/C16H23N5O2S/c1-10(2)15-18-13(23-19-15)9-20-5-7-21(8-6-20)16(22)14-11(3)17-12(4)24-14/h10H,5-9H2,1-4H3. The zero-order valence-electron chi connectivity index (χ0n) is 14.6. The van der Waals surface area contributed by atoms with Crippen LogP contribution in [-0.4, -0.2) is 57.0 Å². The van der Waals surface area contributed by atoms with Crippen LogP contribution >= 0.6 is 11.3 Å². The van der Waals surface area contributed by atoms with Gasteiger partial charge in [-0.3, -0.25) is 9.69 Å². The lowest BCUT2D eigenvalue weighted by molar-refractivity contribution is 0.0619. The van der Waals surface area contributed by atoms with Crippen molar-refractivity contribution in [2.45, 2.75) is 40.2 Å². The summed E-state index contributed by atoms with van der Waals surface area (Å²) in [6, 6.07) is 0. The van der Waals surface area contributed by atoms with E-state index in [-0.39, 0.29) is 11.8 Å². The van der Waals surface area contributed by atoms with Crippen LogP contribution in [0.2, 0.25) is 0 Å². The Hall–Kier alpha value is -1.80. The van der Waals surface area contributed by atoms with Crippen LogP contribution in [0.4, 0.5) is 0 Å². The summed E-state index contributed by atoms with van der Waals surface area (Å²) in [6.07, 6.45) is 0. The monoisotopic (exact) mass is 349 g/mol. The van der Waals surface area contributed by atoms with E-state index in [1.54, 1.807) is 0 Å².